The Morgan fingerprint density at radius 1 is 0.564 bits per heavy atom. The second kappa shape index (κ2) is 20.2. The quantitative estimate of drug-likeness (QED) is 0.150. The number of aromatic nitrogens is 2. The summed E-state index contributed by atoms with van der Waals surface area (Å²) >= 11 is 0. The molecular formula is C29H32Cl4N4Ni2. The maximum absolute atomic E-state index is 4.70. The second-order valence-corrected chi connectivity index (χ2v) is 8.36. The molecule has 4 aromatic rings. The minimum atomic E-state index is 0. The summed E-state index contributed by atoms with van der Waals surface area (Å²) in [5.74, 6) is 0. The molecule has 0 fully saturated rings. The first kappa shape index (κ1) is 41.7. The van der Waals surface area contributed by atoms with Gasteiger partial charge >= 0.3 is 0 Å². The number of halogens is 4. The summed E-state index contributed by atoms with van der Waals surface area (Å²) in [4.78, 5) is 18.0. The van der Waals surface area contributed by atoms with E-state index in [0.29, 0.717) is 0 Å². The van der Waals surface area contributed by atoms with Crippen molar-refractivity contribution >= 4 is 73.4 Å². The van der Waals surface area contributed by atoms with Gasteiger partial charge in [-0.25, -0.2) is 0 Å². The normalized spacial score (nSPS) is 9.74. The Hall–Kier alpha value is -1.77. The van der Waals surface area contributed by atoms with Gasteiger partial charge in [0.25, 0.3) is 0 Å². The van der Waals surface area contributed by atoms with E-state index in [1.54, 1.807) is 12.4 Å². The van der Waals surface area contributed by atoms with E-state index in [4.69, 9.17) is 9.98 Å². The molecule has 0 aliphatic heterocycles. The van der Waals surface area contributed by atoms with E-state index in [1.165, 1.54) is 33.4 Å². The number of aryl methyl sites for hydroxylation is 4. The van der Waals surface area contributed by atoms with Gasteiger partial charge in [-0.3, -0.25) is 20.0 Å². The Morgan fingerprint density at radius 2 is 0.897 bits per heavy atom. The Balaban J connectivity index is -0.00000216. The Morgan fingerprint density at radius 3 is 1.18 bits per heavy atom. The van der Waals surface area contributed by atoms with E-state index >= 15 is 0 Å². The largest absolute Gasteiger partial charge is 0.255 e. The Bertz CT molecular complexity index is 1190. The van der Waals surface area contributed by atoms with Gasteiger partial charge in [-0.05, 0) is 91.8 Å². The Kier molecular flexibility index (Phi) is 21.6. The van der Waals surface area contributed by atoms with E-state index in [2.05, 4.69) is 61.9 Å². The van der Waals surface area contributed by atoms with Crippen molar-refractivity contribution in [3.8, 4) is 0 Å². The molecule has 2 aromatic carbocycles. The summed E-state index contributed by atoms with van der Waals surface area (Å²) in [6, 6.07) is 20.6. The van der Waals surface area contributed by atoms with Crippen LogP contribution in [0.5, 0.6) is 0 Å². The van der Waals surface area contributed by atoms with Crippen LogP contribution in [0.2, 0.25) is 0 Å². The summed E-state index contributed by atoms with van der Waals surface area (Å²) in [6.07, 6.45) is 8.09. The third-order valence-corrected chi connectivity index (χ3v) is 5.54. The fourth-order valence-corrected chi connectivity index (χ4v) is 4.10. The van der Waals surface area contributed by atoms with Gasteiger partial charge in [0.05, 0.1) is 35.2 Å². The number of nitrogens with zero attached hydrogens (tertiary/aromatic N) is 4. The zero-order valence-electron chi connectivity index (χ0n) is 21.8. The molecule has 0 N–H and O–H groups in total. The first-order valence-electron chi connectivity index (χ1n) is 11.1. The van der Waals surface area contributed by atoms with Crippen LogP contribution in [0.15, 0.2) is 83.0 Å². The fourth-order valence-electron chi connectivity index (χ4n) is 4.10. The number of benzene rings is 2. The summed E-state index contributed by atoms with van der Waals surface area (Å²) in [6.45, 7) is 8.47. The molecular weight excluding hydrogens is 664 g/mol. The average Bonchev–Trinajstić information content (AvgIpc) is 2.79. The third kappa shape index (κ3) is 11.7. The van der Waals surface area contributed by atoms with Crippen molar-refractivity contribution in [2.75, 3.05) is 0 Å². The molecule has 2 aromatic heterocycles. The predicted octanol–water partition coefficient (Wildman–Crippen LogP) is 8.48. The van der Waals surface area contributed by atoms with Gasteiger partial charge in [0.15, 0.2) is 0 Å². The maximum atomic E-state index is 4.70. The minimum absolute atomic E-state index is 0. The van der Waals surface area contributed by atoms with Crippen LogP contribution >= 0.6 is 49.6 Å². The standard InChI is InChI=1S/C29H28N4.4ClH.2Ni/c1-20-13-24(14-21(2)28(20)32-18-26-9-5-7-11-30-26)17-25-15-22(3)29(23(4)16-25)33-19-27-10-6-8-12-31-27;;;;;;/h5-16,18-19H,17H2,1-4H3;4*1H;;. The number of aliphatic imine (C=N–C) groups is 2. The van der Waals surface area contributed by atoms with Crippen LogP contribution in [0.25, 0.3) is 0 Å². The molecule has 0 spiro atoms. The molecule has 216 valence electrons. The van der Waals surface area contributed by atoms with Crippen LogP contribution in [0, 0.1) is 27.7 Å². The maximum Gasteiger partial charge on any atom is 0.0812 e. The van der Waals surface area contributed by atoms with Gasteiger partial charge < -0.3 is 0 Å². The van der Waals surface area contributed by atoms with Gasteiger partial charge in [0.2, 0.25) is 0 Å². The van der Waals surface area contributed by atoms with E-state index < -0.39 is 0 Å². The van der Waals surface area contributed by atoms with Crippen molar-refractivity contribution in [1.29, 1.82) is 0 Å². The molecule has 0 atom stereocenters. The van der Waals surface area contributed by atoms with Crippen molar-refractivity contribution in [2.45, 2.75) is 34.1 Å². The van der Waals surface area contributed by atoms with Gasteiger partial charge in [-0.2, -0.15) is 0 Å². The number of hydrogen-bond donors (Lipinski definition) is 0. The van der Waals surface area contributed by atoms with Crippen LogP contribution in [-0.2, 0) is 39.4 Å². The smallest absolute Gasteiger partial charge is 0.0812 e. The molecule has 0 bridgehead atoms. The summed E-state index contributed by atoms with van der Waals surface area (Å²) < 4.78 is 0. The van der Waals surface area contributed by atoms with Crippen LogP contribution in [0.4, 0.5) is 11.4 Å². The minimum Gasteiger partial charge on any atom is -0.255 e. The van der Waals surface area contributed by atoms with Crippen molar-refractivity contribution < 1.29 is 33.0 Å². The van der Waals surface area contributed by atoms with Gasteiger partial charge in [-0.15, -0.1) is 49.6 Å². The number of pyridine rings is 2. The van der Waals surface area contributed by atoms with Crippen LogP contribution < -0.4 is 0 Å². The number of rotatable bonds is 6. The zero-order valence-corrected chi connectivity index (χ0v) is 27.1. The topological polar surface area (TPSA) is 50.5 Å². The SMILES string of the molecule is Cc1cc(Cc2cc(C)c(N=Cc3ccccn3)c(C)c2)cc(C)c1N=Cc1ccccn1.Cl.Cl.Cl.Cl.[Ni].[Ni]. The molecule has 4 nitrogen and oxygen atoms in total. The first-order valence-corrected chi connectivity index (χ1v) is 11.1. The van der Waals surface area contributed by atoms with E-state index in [0.717, 1.165) is 29.2 Å². The molecule has 2 heterocycles. The molecule has 0 saturated carbocycles. The van der Waals surface area contributed by atoms with E-state index in [1.807, 2.05) is 48.8 Å². The van der Waals surface area contributed by atoms with Gasteiger partial charge in [0, 0.05) is 45.4 Å². The third-order valence-electron chi connectivity index (χ3n) is 5.54. The molecule has 0 aliphatic carbocycles. The average molecular weight is 696 g/mol. The van der Waals surface area contributed by atoms with E-state index in [-0.39, 0.29) is 82.6 Å². The molecule has 4 rings (SSSR count). The van der Waals surface area contributed by atoms with Crippen molar-refractivity contribution in [2.24, 2.45) is 9.98 Å². The summed E-state index contributed by atoms with van der Waals surface area (Å²) in [5, 5.41) is 0. The van der Waals surface area contributed by atoms with E-state index in [9.17, 15) is 0 Å². The monoisotopic (exact) mass is 692 g/mol. The van der Waals surface area contributed by atoms with Crippen LogP contribution in [0.1, 0.15) is 44.8 Å². The molecule has 39 heavy (non-hydrogen) atoms. The van der Waals surface area contributed by atoms with Crippen molar-refractivity contribution in [3.63, 3.8) is 0 Å². The molecule has 0 amide bonds. The van der Waals surface area contributed by atoms with Crippen molar-refractivity contribution in [3.05, 3.63) is 118 Å². The molecule has 0 saturated heterocycles. The Labute approximate surface area is 276 Å². The summed E-state index contributed by atoms with van der Waals surface area (Å²) in [7, 11) is 0. The van der Waals surface area contributed by atoms with Crippen LogP contribution in [-0.4, -0.2) is 22.4 Å². The molecule has 0 unspecified atom stereocenters. The van der Waals surface area contributed by atoms with Crippen molar-refractivity contribution in [1.82, 2.24) is 9.97 Å². The van der Waals surface area contributed by atoms with Gasteiger partial charge in [0.1, 0.15) is 0 Å². The molecule has 0 aliphatic rings. The van der Waals surface area contributed by atoms with Gasteiger partial charge in [-0.1, -0.05) is 36.4 Å². The first-order chi connectivity index (χ1) is 16.0. The predicted molar refractivity (Wildman–Crippen MR) is 167 cm³/mol. The molecule has 10 heteroatoms. The molecule has 0 radical (unpaired) electrons. The second-order valence-electron chi connectivity index (χ2n) is 8.36. The fraction of sp³-hybridized carbons (Fsp3) is 0.172. The van der Waals surface area contributed by atoms with Crippen LogP contribution in [0.3, 0.4) is 0 Å². The zero-order chi connectivity index (χ0) is 23.2. The number of hydrogen-bond acceptors (Lipinski definition) is 4. The summed E-state index contributed by atoms with van der Waals surface area (Å²) in [5.41, 5.74) is 11.0.